The molecule has 3 aromatic carbocycles. The molecular weight excluding hydrogens is 483 g/mol. The van der Waals surface area contributed by atoms with Gasteiger partial charge in [0.2, 0.25) is 0 Å². The standard InChI is InChI=1S/3C6H3F2S.3FH/c3*7-4-2-1-3-5(8)6(4)9;;;/h3*1-3H;3*1H. The van der Waals surface area contributed by atoms with Gasteiger partial charge in [-0.05, 0) is 36.4 Å². The van der Waals surface area contributed by atoms with Crippen LogP contribution in [-0.4, -0.2) is 0 Å². The van der Waals surface area contributed by atoms with Crippen molar-refractivity contribution in [3.8, 4) is 0 Å². The Hall–Kier alpha value is -2.31. The smallest absolute Gasteiger partial charge is 0.144 e. The lowest BCUT2D eigenvalue weighted by molar-refractivity contribution is 0.541. The molecule has 3 radical (unpaired) electrons. The Kier molecular flexibility index (Phi) is 16.7. The summed E-state index contributed by atoms with van der Waals surface area (Å²) in [4.78, 5) is -1.01. The maximum absolute atomic E-state index is 12.2. The van der Waals surface area contributed by atoms with Crippen LogP contribution in [0.4, 0.5) is 40.5 Å². The van der Waals surface area contributed by atoms with Crippen LogP contribution in [-0.2, 0) is 0 Å². The molecule has 165 valence electrons. The summed E-state index contributed by atoms with van der Waals surface area (Å²) in [7, 11) is 0. The van der Waals surface area contributed by atoms with E-state index >= 15 is 0 Å². The predicted octanol–water partition coefficient (Wildman–Crippen LogP) is 8.02. The van der Waals surface area contributed by atoms with Gasteiger partial charge in [0, 0.05) is 0 Å². The summed E-state index contributed by atoms with van der Waals surface area (Å²) < 4.78 is 73.4. The average Bonchev–Trinajstić information content (AvgIpc) is 2.63. The molecule has 0 nitrogen and oxygen atoms in total. The van der Waals surface area contributed by atoms with Gasteiger partial charge in [-0.3, -0.25) is 14.1 Å². The second kappa shape index (κ2) is 15.5. The van der Waals surface area contributed by atoms with E-state index in [1.807, 2.05) is 0 Å². The van der Waals surface area contributed by atoms with Gasteiger partial charge < -0.3 is 0 Å². The molecule has 0 atom stereocenters. The fraction of sp³-hybridized carbons (Fsp3) is 0. The van der Waals surface area contributed by atoms with E-state index in [0.717, 1.165) is 36.4 Å². The summed E-state index contributed by atoms with van der Waals surface area (Å²) in [5.74, 6) is -4.06. The van der Waals surface area contributed by atoms with Crippen LogP contribution in [0.5, 0.6) is 0 Å². The first-order valence-corrected chi connectivity index (χ1v) is 8.20. The van der Waals surface area contributed by atoms with Gasteiger partial charge >= 0.3 is 0 Å². The maximum atomic E-state index is 12.2. The molecule has 0 saturated carbocycles. The lowest BCUT2D eigenvalue weighted by Gasteiger charge is -1.91. The van der Waals surface area contributed by atoms with Gasteiger partial charge in [-0.2, -0.15) is 0 Å². The quantitative estimate of drug-likeness (QED) is 0.277. The third-order valence-corrected chi connectivity index (χ3v) is 3.93. The van der Waals surface area contributed by atoms with E-state index in [-0.39, 0.29) is 28.8 Å². The van der Waals surface area contributed by atoms with Crippen LogP contribution in [0.25, 0.3) is 0 Å². The van der Waals surface area contributed by atoms with E-state index in [1.165, 1.54) is 18.2 Å². The van der Waals surface area contributed by atoms with Crippen LogP contribution in [0.1, 0.15) is 0 Å². The molecule has 30 heavy (non-hydrogen) atoms. The second-order valence-corrected chi connectivity index (χ2v) is 5.88. The molecule has 3 aromatic rings. The first-order chi connectivity index (χ1) is 12.6. The van der Waals surface area contributed by atoms with Crippen molar-refractivity contribution in [3.05, 3.63) is 89.5 Å². The zero-order valence-electron chi connectivity index (χ0n) is 14.4. The maximum Gasteiger partial charge on any atom is 0.144 e. The normalized spacial score (nSPS) is 8.60. The highest BCUT2D eigenvalue weighted by Gasteiger charge is 2.03. The summed E-state index contributed by atoms with van der Waals surface area (Å²) in [6, 6.07) is 10.6. The summed E-state index contributed by atoms with van der Waals surface area (Å²) in [6.45, 7) is 0. The highest BCUT2D eigenvalue weighted by molar-refractivity contribution is 7.80. The summed E-state index contributed by atoms with van der Waals surface area (Å²) in [5, 5.41) is 0. The average molecular weight is 495 g/mol. The van der Waals surface area contributed by atoms with E-state index in [2.05, 4.69) is 37.9 Å². The minimum absolute atomic E-state index is 0. The molecule has 0 fully saturated rings. The largest absolute Gasteiger partial charge is 0.269 e. The number of halogens is 9. The van der Waals surface area contributed by atoms with E-state index in [0.29, 0.717) is 0 Å². The SMILES string of the molecule is F.F.F.Fc1cccc(F)c1[S].Fc1cccc(F)c1[S].Fc1cccc(F)c1[S]. The monoisotopic (exact) mass is 495 g/mol. The van der Waals surface area contributed by atoms with Gasteiger partial charge in [0.05, 0.1) is 0 Å². The molecule has 0 unspecified atom stereocenters. The molecular formula is C18H12F9S3. The molecule has 3 rings (SSSR count). The van der Waals surface area contributed by atoms with E-state index in [9.17, 15) is 26.3 Å². The van der Waals surface area contributed by atoms with Crippen LogP contribution in [0.15, 0.2) is 69.3 Å². The molecule has 12 heteroatoms. The number of hydrogen-bond donors (Lipinski definition) is 0. The number of hydrogen-bond acceptors (Lipinski definition) is 0. The first kappa shape index (κ1) is 32.4. The Morgan fingerprint density at radius 3 is 0.600 bits per heavy atom. The topological polar surface area (TPSA) is 0 Å². The van der Waals surface area contributed by atoms with Crippen LogP contribution in [0.3, 0.4) is 0 Å². The van der Waals surface area contributed by atoms with Gasteiger partial charge in [0.15, 0.2) is 0 Å². The Balaban J connectivity index is -0.000000347. The van der Waals surface area contributed by atoms with Gasteiger partial charge in [0.1, 0.15) is 49.6 Å². The van der Waals surface area contributed by atoms with Crippen molar-refractivity contribution < 1.29 is 40.5 Å². The molecule has 0 amide bonds. The fourth-order valence-corrected chi connectivity index (χ4v) is 1.86. The Morgan fingerprint density at radius 1 is 0.367 bits per heavy atom. The van der Waals surface area contributed by atoms with Gasteiger partial charge in [0.25, 0.3) is 0 Å². The van der Waals surface area contributed by atoms with Crippen molar-refractivity contribution >= 4 is 37.9 Å². The van der Waals surface area contributed by atoms with E-state index in [1.54, 1.807) is 0 Å². The highest BCUT2D eigenvalue weighted by atomic mass is 32.1. The fourth-order valence-electron chi connectivity index (χ4n) is 1.45. The predicted molar refractivity (Wildman–Crippen MR) is 104 cm³/mol. The first-order valence-electron chi connectivity index (χ1n) is 6.98. The van der Waals surface area contributed by atoms with E-state index in [4.69, 9.17) is 0 Å². The third-order valence-electron chi connectivity index (χ3n) is 2.76. The molecule has 0 aliphatic carbocycles. The van der Waals surface area contributed by atoms with Crippen LogP contribution >= 0.6 is 37.9 Å². The minimum atomic E-state index is -0.676. The summed E-state index contributed by atoms with van der Waals surface area (Å²) in [6.07, 6.45) is 0. The molecule has 0 heterocycles. The zero-order valence-corrected chi connectivity index (χ0v) is 16.9. The van der Waals surface area contributed by atoms with Gasteiger partial charge in [-0.25, -0.2) is 26.3 Å². The van der Waals surface area contributed by atoms with Crippen molar-refractivity contribution in [1.29, 1.82) is 0 Å². The molecule has 0 bridgehead atoms. The van der Waals surface area contributed by atoms with Gasteiger partial charge in [-0.1, -0.05) is 56.1 Å². The number of rotatable bonds is 0. The van der Waals surface area contributed by atoms with Gasteiger partial charge in [-0.15, -0.1) is 0 Å². The van der Waals surface area contributed by atoms with Crippen molar-refractivity contribution in [2.45, 2.75) is 14.7 Å². The summed E-state index contributed by atoms with van der Waals surface area (Å²) in [5.41, 5.74) is 0. The third kappa shape index (κ3) is 9.94. The molecule has 0 aliphatic rings. The number of benzene rings is 3. The van der Waals surface area contributed by atoms with Crippen molar-refractivity contribution in [1.82, 2.24) is 0 Å². The zero-order chi connectivity index (χ0) is 20.6. The Morgan fingerprint density at radius 2 is 0.500 bits per heavy atom. The Bertz CT molecular complexity index is 730. The van der Waals surface area contributed by atoms with Crippen LogP contribution in [0.2, 0.25) is 0 Å². The lowest BCUT2D eigenvalue weighted by atomic mass is 10.3. The second-order valence-electron chi connectivity index (χ2n) is 4.65. The van der Waals surface area contributed by atoms with Crippen molar-refractivity contribution in [3.63, 3.8) is 0 Å². The van der Waals surface area contributed by atoms with Crippen LogP contribution < -0.4 is 0 Å². The summed E-state index contributed by atoms with van der Waals surface area (Å²) >= 11 is 13.0. The van der Waals surface area contributed by atoms with E-state index < -0.39 is 34.9 Å². The molecule has 0 saturated heterocycles. The molecule has 0 aliphatic heterocycles. The van der Waals surface area contributed by atoms with Crippen molar-refractivity contribution in [2.24, 2.45) is 0 Å². The molecule has 0 spiro atoms. The minimum Gasteiger partial charge on any atom is -0.269 e. The molecule has 0 N–H and O–H groups in total. The van der Waals surface area contributed by atoms with Crippen molar-refractivity contribution in [2.75, 3.05) is 0 Å². The molecule has 0 aromatic heterocycles. The highest BCUT2D eigenvalue weighted by Crippen LogP contribution is 2.16. The van der Waals surface area contributed by atoms with Crippen LogP contribution in [0, 0.1) is 34.9 Å². The Labute approximate surface area is 182 Å². The lowest BCUT2D eigenvalue weighted by Crippen LogP contribution is -1.81.